The minimum absolute atomic E-state index is 0. The van der Waals surface area contributed by atoms with E-state index in [1.165, 1.54) is 19.4 Å². The van der Waals surface area contributed by atoms with E-state index in [4.69, 9.17) is 14.9 Å². The Bertz CT molecular complexity index is 932. The van der Waals surface area contributed by atoms with Crippen molar-refractivity contribution in [2.45, 2.75) is 23.6 Å². The number of thioether (sulfide) groups is 1. The molecule has 2 aliphatic heterocycles. The minimum atomic E-state index is -1.71. The molecule has 1 unspecified atom stereocenters. The molecule has 3 heterocycles. The van der Waals surface area contributed by atoms with Gasteiger partial charge < -0.3 is 34.9 Å². The number of oxime groups is 1. The molecule has 1 aromatic rings. The second-order valence-electron chi connectivity index (χ2n) is 5.85. The number of fused-ring (bicyclic) bond motifs is 1. The zero-order valence-corrected chi connectivity index (χ0v) is 18.9. The zero-order chi connectivity index (χ0) is 21.3. The van der Waals surface area contributed by atoms with Gasteiger partial charge in [-0.15, -0.1) is 11.8 Å². The van der Waals surface area contributed by atoms with Crippen LogP contribution in [-0.2, 0) is 24.0 Å². The Morgan fingerprint density at radius 2 is 2.10 bits per heavy atom. The number of hydrogen-bond acceptors (Lipinski definition) is 10. The van der Waals surface area contributed by atoms with Gasteiger partial charge in [0.25, 0.3) is 11.8 Å². The van der Waals surface area contributed by atoms with Crippen molar-refractivity contribution in [2.75, 3.05) is 7.11 Å². The van der Waals surface area contributed by atoms with Gasteiger partial charge in [-0.25, -0.2) is 4.79 Å². The van der Waals surface area contributed by atoms with Crippen LogP contribution in [0.5, 0.6) is 0 Å². The maximum atomic E-state index is 12.6. The van der Waals surface area contributed by atoms with E-state index < -0.39 is 46.2 Å². The molecule has 1 saturated heterocycles. The Labute approximate surface area is 196 Å². The van der Waals surface area contributed by atoms with E-state index >= 15 is 0 Å². The summed E-state index contributed by atoms with van der Waals surface area (Å²) in [5, 5.41) is 16.2. The molecular weight excluding hydrogens is 431 g/mol. The molecule has 3 amide bonds. The number of rotatable bonds is 6. The first kappa shape index (κ1) is 23.8. The molecule has 0 aromatic carbocycles. The number of amides is 3. The number of aliphatic carboxylic acids is 1. The molecule has 0 radical (unpaired) electrons. The van der Waals surface area contributed by atoms with Gasteiger partial charge in [0.2, 0.25) is 5.71 Å². The molecule has 14 heteroatoms. The number of furan rings is 1. The van der Waals surface area contributed by atoms with Gasteiger partial charge in [-0.05, 0) is 19.1 Å². The molecule has 1 aromatic heterocycles. The molecule has 3 rings (SSSR count). The SMILES string of the molecule is CON=C(C(=O)N[C@@H]1C(=O)N2C(C(=O)[O-])=C(OC(N)=O)C(C)S[C@H]12)c1ccco1.[Na+]. The molecule has 154 valence electrons. The third-order valence-corrected chi connectivity index (χ3v) is 5.46. The predicted octanol–water partition coefficient (Wildman–Crippen LogP) is -4.52. The molecule has 3 N–H and O–H groups in total. The number of carboxylic acids is 1. The number of nitrogens with one attached hydrogen (secondary N) is 1. The van der Waals surface area contributed by atoms with Gasteiger partial charge in [0, 0.05) is 0 Å². The molecular formula is C16H15N4NaO8S. The molecule has 0 aliphatic carbocycles. The number of primary amides is 1. The Hall–Kier alpha value is -2.48. The number of carbonyl (C=O) groups excluding carboxylic acids is 4. The first-order chi connectivity index (χ1) is 13.8. The van der Waals surface area contributed by atoms with Crippen molar-refractivity contribution in [1.29, 1.82) is 0 Å². The van der Waals surface area contributed by atoms with Crippen molar-refractivity contribution in [2.24, 2.45) is 10.9 Å². The Balaban J connectivity index is 0.00000320. The topological polar surface area (TPSA) is 177 Å². The first-order valence-electron chi connectivity index (χ1n) is 8.13. The second-order valence-corrected chi connectivity index (χ2v) is 7.31. The average molecular weight is 446 g/mol. The van der Waals surface area contributed by atoms with E-state index in [-0.39, 0.29) is 46.8 Å². The summed E-state index contributed by atoms with van der Waals surface area (Å²) in [6.45, 7) is 1.56. The second kappa shape index (κ2) is 9.55. The Kier molecular flexibility index (Phi) is 7.58. The van der Waals surface area contributed by atoms with Gasteiger partial charge in [0.1, 0.15) is 30.0 Å². The Morgan fingerprint density at radius 3 is 2.63 bits per heavy atom. The maximum absolute atomic E-state index is 12.6. The van der Waals surface area contributed by atoms with Crippen LogP contribution in [0.25, 0.3) is 0 Å². The summed E-state index contributed by atoms with van der Waals surface area (Å²) >= 11 is 1.10. The van der Waals surface area contributed by atoms with E-state index in [0.29, 0.717) is 0 Å². The van der Waals surface area contributed by atoms with Crippen LogP contribution in [0.3, 0.4) is 0 Å². The summed E-state index contributed by atoms with van der Waals surface area (Å²) in [5.74, 6) is -3.39. The monoisotopic (exact) mass is 446 g/mol. The number of hydrogen-bond donors (Lipinski definition) is 2. The van der Waals surface area contributed by atoms with E-state index in [9.17, 15) is 24.3 Å². The van der Waals surface area contributed by atoms with Gasteiger partial charge in [-0.3, -0.25) is 14.5 Å². The van der Waals surface area contributed by atoms with Crippen LogP contribution in [0.15, 0.2) is 39.4 Å². The van der Waals surface area contributed by atoms with E-state index in [1.54, 1.807) is 13.0 Å². The van der Waals surface area contributed by atoms with Crippen LogP contribution >= 0.6 is 11.8 Å². The number of nitrogens with zero attached hydrogens (tertiary/aromatic N) is 2. The summed E-state index contributed by atoms with van der Waals surface area (Å²) in [6, 6.07) is 1.96. The fraction of sp³-hybridized carbons (Fsp3) is 0.312. The molecule has 30 heavy (non-hydrogen) atoms. The number of carbonyl (C=O) groups is 4. The van der Waals surface area contributed by atoms with Crippen molar-refractivity contribution in [3.63, 3.8) is 0 Å². The van der Waals surface area contributed by atoms with Gasteiger partial charge in [-0.2, -0.15) is 0 Å². The maximum Gasteiger partial charge on any atom is 1.00 e. The van der Waals surface area contributed by atoms with Gasteiger partial charge >= 0.3 is 35.7 Å². The molecule has 0 spiro atoms. The molecule has 0 saturated carbocycles. The van der Waals surface area contributed by atoms with Crippen LogP contribution in [0.4, 0.5) is 4.79 Å². The number of nitrogens with two attached hydrogens (primary N) is 1. The fourth-order valence-electron chi connectivity index (χ4n) is 2.91. The van der Waals surface area contributed by atoms with Crippen molar-refractivity contribution in [1.82, 2.24) is 10.2 Å². The minimum Gasteiger partial charge on any atom is -0.543 e. The molecule has 12 nitrogen and oxygen atoms in total. The zero-order valence-electron chi connectivity index (χ0n) is 16.1. The predicted molar refractivity (Wildman–Crippen MR) is 94.6 cm³/mol. The van der Waals surface area contributed by atoms with Gasteiger partial charge in [-0.1, -0.05) is 5.16 Å². The Morgan fingerprint density at radius 1 is 1.40 bits per heavy atom. The van der Waals surface area contributed by atoms with E-state index in [1.807, 2.05) is 0 Å². The van der Waals surface area contributed by atoms with Crippen molar-refractivity contribution in [3.8, 4) is 0 Å². The summed E-state index contributed by atoms with van der Waals surface area (Å²) in [4.78, 5) is 53.3. The van der Waals surface area contributed by atoms with Crippen molar-refractivity contribution in [3.05, 3.63) is 35.6 Å². The number of ether oxygens (including phenoxy) is 1. The van der Waals surface area contributed by atoms with Crippen molar-refractivity contribution < 1.29 is 67.8 Å². The quantitative estimate of drug-likeness (QED) is 0.189. The third kappa shape index (κ3) is 4.33. The smallest absolute Gasteiger partial charge is 0.543 e. The van der Waals surface area contributed by atoms with Gasteiger partial charge in [0.15, 0.2) is 5.76 Å². The van der Waals surface area contributed by atoms with Crippen LogP contribution in [-0.4, -0.2) is 58.3 Å². The van der Waals surface area contributed by atoms with Crippen LogP contribution < -0.4 is 45.7 Å². The molecule has 1 fully saturated rings. The number of carboxylic acid groups (broad SMARTS) is 1. The first-order valence-corrected chi connectivity index (χ1v) is 9.07. The standard InChI is InChI=1S/C16H16N4O8S.Na/c1-6-11(28-16(17)25)10(15(23)24)20-13(22)9(14(20)29-6)18-12(21)8(19-26-2)7-4-3-5-27-7;/h3-6,9,14H,1-2H3,(H2,17,25)(H,18,21)(H,23,24);/q;+1/p-1/t6?,9-,14-;/m1./s1. The average Bonchev–Trinajstić information content (AvgIpc) is 3.18. The third-order valence-electron chi connectivity index (χ3n) is 4.07. The number of β-lactam (4-membered cyclic amide) rings is 1. The summed E-state index contributed by atoms with van der Waals surface area (Å²) in [5.41, 5.74) is 4.16. The molecule has 0 bridgehead atoms. The molecule has 2 aliphatic rings. The normalized spacial score (nSPS) is 23.0. The van der Waals surface area contributed by atoms with Gasteiger partial charge in [0.05, 0.1) is 17.5 Å². The van der Waals surface area contributed by atoms with Crippen LogP contribution in [0, 0.1) is 0 Å². The summed E-state index contributed by atoms with van der Waals surface area (Å²) in [6.07, 6.45) is 0.112. The fourth-order valence-corrected chi connectivity index (χ4v) is 4.28. The van der Waals surface area contributed by atoms with Crippen LogP contribution in [0.2, 0.25) is 0 Å². The van der Waals surface area contributed by atoms with E-state index in [0.717, 1.165) is 16.7 Å². The van der Waals surface area contributed by atoms with Crippen molar-refractivity contribution >= 4 is 41.4 Å². The molecule has 3 atom stereocenters. The van der Waals surface area contributed by atoms with Crippen LogP contribution in [0.1, 0.15) is 12.7 Å². The van der Waals surface area contributed by atoms with E-state index in [2.05, 4.69) is 15.3 Å². The summed E-state index contributed by atoms with van der Waals surface area (Å²) < 4.78 is 9.89. The largest absolute Gasteiger partial charge is 1.00 e. The summed E-state index contributed by atoms with van der Waals surface area (Å²) in [7, 11) is 1.24.